The molecule has 0 atom stereocenters. The molecule has 0 saturated heterocycles. The first-order valence-electron chi connectivity index (χ1n) is 6.30. The van der Waals surface area contributed by atoms with Crippen molar-refractivity contribution in [3.05, 3.63) is 63.6 Å². The number of benzene rings is 2. The van der Waals surface area contributed by atoms with Crippen LogP contribution in [0.15, 0.2) is 47.4 Å². The summed E-state index contributed by atoms with van der Waals surface area (Å²) in [5, 5.41) is 0.865. The van der Waals surface area contributed by atoms with Gasteiger partial charge in [-0.1, -0.05) is 47.5 Å². The van der Waals surface area contributed by atoms with Gasteiger partial charge in [0.15, 0.2) is 6.29 Å². The minimum atomic E-state index is -3.80. The van der Waals surface area contributed by atoms with Crippen molar-refractivity contribution in [2.24, 2.45) is 0 Å². The van der Waals surface area contributed by atoms with Gasteiger partial charge < -0.3 is 0 Å². The van der Waals surface area contributed by atoms with Crippen LogP contribution in [0.25, 0.3) is 0 Å². The van der Waals surface area contributed by atoms with Gasteiger partial charge in [0, 0.05) is 29.2 Å². The molecule has 0 amide bonds. The maximum atomic E-state index is 12.6. The van der Waals surface area contributed by atoms with Gasteiger partial charge in [-0.15, -0.1) is 0 Å². The first-order valence-corrected chi connectivity index (χ1v) is 8.50. The number of carbonyl (C=O) groups excluding carboxylic acids is 1. The van der Waals surface area contributed by atoms with Crippen LogP contribution in [0.3, 0.4) is 0 Å². The highest BCUT2D eigenvalue weighted by atomic mass is 35.5. The van der Waals surface area contributed by atoms with Crippen molar-refractivity contribution in [3.8, 4) is 0 Å². The number of nitrogens with zero attached hydrogens (tertiary/aromatic N) is 1. The van der Waals surface area contributed by atoms with E-state index in [0.717, 1.165) is 4.31 Å². The zero-order valence-corrected chi connectivity index (χ0v) is 14.0. The van der Waals surface area contributed by atoms with Crippen LogP contribution in [0, 0.1) is 0 Å². The topological polar surface area (TPSA) is 54.5 Å². The second kappa shape index (κ2) is 6.79. The van der Waals surface area contributed by atoms with Crippen molar-refractivity contribution >= 4 is 39.5 Å². The number of halogens is 2. The second-order valence-electron chi connectivity index (χ2n) is 4.65. The Labute approximate surface area is 139 Å². The predicted molar refractivity (Wildman–Crippen MR) is 86.9 cm³/mol. The molecule has 7 heteroatoms. The third-order valence-electron chi connectivity index (χ3n) is 3.14. The summed E-state index contributed by atoms with van der Waals surface area (Å²) in [7, 11) is -2.36. The number of hydrogen-bond acceptors (Lipinski definition) is 3. The van der Waals surface area contributed by atoms with E-state index < -0.39 is 10.0 Å². The molecule has 0 aliphatic rings. The van der Waals surface area contributed by atoms with E-state index in [2.05, 4.69) is 0 Å². The first kappa shape index (κ1) is 17.0. The maximum Gasteiger partial charge on any atom is 0.243 e. The molecule has 0 spiro atoms. The summed E-state index contributed by atoms with van der Waals surface area (Å²) in [6.45, 7) is 0.0749. The minimum Gasteiger partial charge on any atom is -0.298 e. The van der Waals surface area contributed by atoms with Gasteiger partial charge in [-0.25, -0.2) is 8.42 Å². The SMILES string of the molecule is CN(Cc1ccc(Cl)cc1Cl)S(=O)(=O)c1ccccc1C=O. The Hall–Kier alpha value is -1.40. The Bertz CT molecular complexity index is 806. The fourth-order valence-corrected chi connectivity index (χ4v) is 3.73. The van der Waals surface area contributed by atoms with E-state index >= 15 is 0 Å². The van der Waals surface area contributed by atoms with Gasteiger partial charge in [0.1, 0.15) is 0 Å². The number of sulfonamides is 1. The predicted octanol–water partition coefficient (Wildman–Crippen LogP) is 3.63. The molecule has 0 heterocycles. The molecule has 0 aliphatic heterocycles. The average molecular weight is 358 g/mol. The van der Waals surface area contributed by atoms with Gasteiger partial charge in [0.05, 0.1) is 4.90 Å². The Balaban J connectivity index is 2.35. The van der Waals surface area contributed by atoms with Crippen LogP contribution in [-0.2, 0) is 16.6 Å². The Morgan fingerprint density at radius 3 is 2.45 bits per heavy atom. The number of carbonyl (C=O) groups is 1. The van der Waals surface area contributed by atoms with E-state index in [1.807, 2.05) is 0 Å². The van der Waals surface area contributed by atoms with Crippen LogP contribution in [0.5, 0.6) is 0 Å². The van der Waals surface area contributed by atoms with Crippen LogP contribution in [0.2, 0.25) is 10.0 Å². The summed E-state index contributed by atoms with van der Waals surface area (Å²) >= 11 is 11.9. The second-order valence-corrected chi connectivity index (χ2v) is 7.51. The molecule has 4 nitrogen and oxygen atoms in total. The van der Waals surface area contributed by atoms with Gasteiger partial charge in [-0.2, -0.15) is 4.31 Å². The van der Waals surface area contributed by atoms with Gasteiger partial charge in [-0.3, -0.25) is 4.79 Å². The molecule has 0 aromatic heterocycles. The summed E-state index contributed by atoms with van der Waals surface area (Å²) < 4.78 is 26.3. The lowest BCUT2D eigenvalue weighted by molar-refractivity contribution is 0.112. The first-order chi connectivity index (χ1) is 10.4. The number of aldehydes is 1. The van der Waals surface area contributed by atoms with Gasteiger partial charge in [-0.05, 0) is 23.8 Å². The average Bonchev–Trinajstić information content (AvgIpc) is 2.49. The fourth-order valence-electron chi connectivity index (χ4n) is 1.96. The van der Waals surface area contributed by atoms with E-state index in [9.17, 15) is 13.2 Å². The molecule has 0 saturated carbocycles. The van der Waals surface area contributed by atoms with Crippen LogP contribution < -0.4 is 0 Å². The van der Waals surface area contributed by atoms with E-state index in [1.54, 1.807) is 30.3 Å². The van der Waals surface area contributed by atoms with Gasteiger partial charge in [0.25, 0.3) is 0 Å². The minimum absolute atomic E-state index is 0.0300. The monoisotopic (exact) mass is 357 g/mol. The normalized spacial score (nSPS) is 11.6. The zero-order chi connectivity index (χ0) is 16.3. The molecule has 0 unspecified atom stereocenters. The van der Waals surface area contributed by atoms with Gasteiger partial charge in [0.2, 0.25) is 10.0 Å². The third-order valence-corrected chi connectivity index (χ3v) is 5.61. The van der Waals surface area contributed by atoms with Crippen molar-refractivity contribution in [1.82, 2.24) is 4.31 Å². The fraction of sp³-hybridized carbons (Fsp3) is 0.133. The molecule has 0 N–H and O–H groups in total. The van der Waals surface area contributed by atoms with Crippen molar-refractivity contribution < 1.29 is 13.2 Å². The third kappa shape index (κ3) is 3.50. The largest absolute Gasteiger partial charge is 0.298 e. The molecular weight excluding hydrogens is 345 g/mol. The van der Waals surface area contributed by atoms with Crippen LogP contribution in [0.4, 0.5) is 0 Å². The molecule has 2 rings (SSSR count). The summed E-state index contributed by atoms with van der Waals surface area (Å²) in [5.74, 6) is 0. The molecule has 2 aromatic rings. The highest BCUT2D eigenvalue weighted by Gasteiger charge is 2.24. The van der Waals surface area contributed by atoms with Crippen LogP contribution >= 0.6 is 23.2 Å². The maximum absolute atomic E-state index is 12.6. The smallest absolute Gasteiger partial charge is 0.243 e. The molecule has 2 aromatic carbocycles. The summed E-state index contributed by atoms with van der Waals surface area (Å²) in [6.07, 6.45) is 0.524. The number of rotatable bonds is 5. The van der Waals surface area contributed by atoms with Gasteiger partial charge >= 0.3 is 0 Å². The summed E-state index contributed by atoms with van der Waals surface area (Å²) in [5.41, 5.74) is 0.747. The molecule has 22 heavy (non-hydrogen) atoms. The van der Waals surface area contributed by atoms with E-state index in [0.29, 0.717) is 21.9 Å². The quantitative estimate of drug-likeness (QED) is 0.767. The molecule has 0 aliphatic carbocycles. The van der Waals surface area contributed by atoms with Crippen molar-refractivity contribution in [3.63, 3.8) is 0 Å². The molecule has 0 radical (unpaired) electrons. The van der Waals surface area contributed by atoms with E-state index in [-0.39, 0.29) is 17.0 Å². The zero-order valence-electron chi connectivity index (χ0n) is 11.7. The molecule has 0 fully saturated rings. The summed E-state index contributed by atoms with van der Waals surface area (Å²) in [6, 6.07) is 10.9. The summed E-state index contributed by atoms with van der Waals surface area (Å²) in [4.78, 5) is 11.0. The molecule has 116 valence electrons. The lowest BCUT2D eigenvalue weighted by atomic mass is 10.2. The lowest BCUT2D eigenvalue weighted by Crippen LogP contribution is -2.27. The van der Waals surface area contributed by atoms with E-state index in [4.69, 9.17) is 23.2 Å². The Kier molecular flexibility index (Phi) is 5.24. The van der Waals surface area contributed by atoms with Crippen LogP contribution in [0.1, 0.15) is 15.9 Å². The highest BCUT2D eigenvalue weighted by Crippen LogP contribution is 2.25. The Morgan fingerprint density at radius 2 is 1.82 bits per heavy atom. The standard InChI is InChI=1S/C15H13Cl2NO3S/c1-18(9-11-6-7-13(16)8-14(11)17)22(20,21)15-5-3-2-4-12(15)10-19/h2-8,10H,9H2,1H3. The highest BCUT2D eigenvalue weighted by molar-refractivity contribution is 7.89. The molecule has 0 bridgehead atoms. The van der Waals surface area contributed by atoms with E-state index in [1.165, 1.54) is 19.2 Å². The van der Waals surface area contributed by atoms with Crippen molar-refractivity contribution in [2.75, 3.05) is 7.05 Å². The lowest BCUT2D eigenvalue weighted by Gasteiger charge is -2.19. The van der Waals surface area contributed by atoms with Crippen LogP contribution in [-0.4, -0.2) is 26.1 Å². The Morgan fingerprint density at radius 1 is 1.14 bits per heavy atom. The molecular formula is C15H13Cl2NO3S. The van der Waals surface area contributed by atoms with Crippen molar-refractivity contribution in [1.29, 1.82) is 0 Å². The number of hydrogen-bond donors (Lipinski definition) is 0. The van der Waals surface area contributed by atoms with Crippen molar-refractivity contribution in [2.45, 2.75) is 11.4 Å².